The van der Waals surface area contributed by atoms with Crippen molar-refractivity contribution in [2.75, 3.05) is 0 Å². The number of carbonyl (C=O) groups excluding carboxylic acids is 1. The number of aryl methyl sites for hydroxylation is 1. The van der Waals surface area contributed by atoms with Gasteiger partial charge in [0.1, 0.15) is 12.2 Å². The number of H-pyrrole nitrogens is 1. The van der Waals surface area contributed by atoms with Gasteiger partial charge in [0.25, 0.3) is 0 Å². The third-order valence-electron chi connectivity index (χ3n) is 2.37. The van der Waals surface area contributed by atoms with Crippen LogP contribution in [-0.2, 0) is 17.8 Å². The Bertz CT molecular complexity index is 497. The number of halogens is 1. The first-order chi connectivity index (χ1) is 8.74. The van der Waals surface area contributed by atoms with E-state index in [9.17, 15) is 4.79 Å². The Labute approximate surface area is 117 Å². The second kappa shape index (κ2) is 6.65. The third kappa shape index (κ3) is 4.23. The molecule has 2 rings (SSSR count). The predicted molar refractivity (Wildman–Crippen MR) is 73.2 cm³/mol. The minimum atomic E-state index is 0.0435. The molecule has 0 fully saturated rings. The van der Waals surface area contributed by atoms with Gasteiger partial charge in [-0.15, -0.1) is 11.3 Å². The molecule has 0 aliphatic carbocycles. The Morgan fingerprint density at radius 1 is 1.50 bits per heavy atom. The van der Waals surface area contributed by atoms with E-state index in [0.29, 0.717) is 18.8 Å². The average molecular weight is 329 g/mol. The van der Waals surface area contributed by atoms with Crippen LogP contribution in [0.4, 0.5) is 0 Å². The molecular formula is C11H13BrN4OS. The molecule has 0 aliphatic heterocycles. The molecule has 0 unspecified atom stereocenters. The van der Waals surface area contributed by atoms with Crippen molar-refractivity contribution >= 4 is 33.2 Å². The molecule has 2 heterocycles. The highest BCUT2D eigenvalue weighted by atomic mass is 79.9. The van der Waals surface area contributed by atoms with Gasteiger partial charge in [0.2, 0.25) is 5.91 Å². The van der Waals surface area contributed by atoms with E-state index in [0.717, 1.165) is 16.6 Å². The normalized spacial score (nSPS) is 10.5. The van der Waals surface area contributed by atoms with E-state index < -0.39 is 0 Å². The zero-order chi connectivity index (χ0) is 12.8. The number of nitrogens with zero attached hydrogens (tertiary/aromatic N) is 2. The minimum Gasteiger partial charge on any atom is -0.349 e. The van der Waals surface area contributed by atoms with Crippen molar-refractivity contribution < 1.29 is 4.79 Å². The van der Waals surface area contributed by atoms with Crippen LogP contribution in [0.25, 0.3) is 0 Å². The van der Waals surface area contributed by atoms with Crippen LogP contribution in [-0.4, -0.2) is 21.1 Å². The molecule has 0 radical (unpaired) electrons. The Balaban J connectivity index is 1.63. The van der Waals surface area contributed by atoms with E-state index in [1.165, 1.54) is 11.2 Å². The number of hydrogen-bond donors (Lipinski definition) is 2. The van der Waals surface area contributed by atoms with Gasteiger partial charge in [-0.2, -0.15) is 5.10 Å². The summed E-state index contributed by atoms with van der Waals surface area (Å²) in [5, 5.41) is 9.21. The second-order valence-corrected chi connectivity index (χ2v) is 6.32. The molecule has 0 bridgehead atoms. The number of amides is 1. The number of aromatic amines is 1. The van der Waals surface area contributed by atoms with E-state index in [2.05, 4.69) is 42.5 Å². The van der Waals surface area contributed by atoms with Crippen LogP contribution in [0.1, 0.15) is 23.5 Å². The van der Waals surface area contributed by atoms with Gasteiger partial charge >= 0.3 is 0 Å². The van der Waals surface area contributed by atoms with Gasteiger partial charge in [0.05, 0.1) is 10.3 Å². The standard InChI is InChI=1S/C11H13BrN4OS/c12-9-5-4-8(18-9)2-1-3-11(17)13-6-10-14-7-15-16-10/h4-5,7H,1-3,6H2,(H,13,17)(H,14,15,16). The molecule has 5 nitrogen and oxygen atoms in total. The maximum Gasteiger partial charge on any atom is 0.220 e. The fraction of sp³-hybridized carbons (Fsp3) is 0.364. The predicted octanol–water partition coefficient (Wildman–Crippen LogP) is 2.27. The van der Waals surface area contributed by atoms with Gasteiger partial charge < -0.3 is 5.32 Å². The number of hydrogen-bond acceptors (Lipinski definition) is 4. The van der Waals surface area contributed by atoms with Crippen molar-refractivity contribution in [2.24, 2.45) is 0 Å². The average Bonchev–Trinajstić information content (AvgIpc) is 2.98. The molecule has 2 aromatic rings. The van der Waals surface area contributed by atoms with Crippen molar-refractivity contribution in [3.63, 3.8) is 0 Å². The molecule has 2 N–H and O–H groups in total. The Kier molecular flexibility index (Phi) is 4.89. The summed E-state index contributed by atoms with van der Waals surface area (Å²) in [6.45, 7) is 0.406. The smallest absolute Gasteiger partial charge is 0.220 e. The number of rotatable bonds is 6. The Morgan fingerprint density at radius 3 is 3.06 bits per heavy atom. The lowest BCUT2D eigenvalue weighted by Gasteiger charge is -2.02. The van der Waals surface area contributed by atoms with Gasteiger partial charge in [-0.1, -0.05) is 0 Å². The van der Waals surface area contributed by atoms with Crippen molar-refractivity contribution in [3.8, 4) is 0 Å². The van der Waals surface area contributed by atoms with Crippen molar-refractivity contribution in [1.29, 1.82) is 0 Å². The molecule has 18 heavy (non-hydrogen) atoms. The number of thiophene rings is 1. The summed E-state index contributed by atoms with van der Waals surface area (Å²) >= 11 is 5.14. The van der Waals surface area contributed by atoms with Crippen molar-refractivity contribution in [1.82, 2.24) is 20.5 Å². The molecule has 0 saturated heterocycles. The van der Waals surface area contributed by atoms with Gasteiger partial charge in [0, 0.05) is 11.3 Å². The summed E-state index contributed by atoms with van der Waals surface area (Å²) in [6, 6.07) is 4.12. The first-order valence-corrected chi connectivity index (χ1v) is 7.20. The third-order valence-corrected chi connectivity index (χ3v) is 4.06. The summed E-state index contributed by atoms with van der Waals surface area (Å²) in [6.07, 6.45) is 3.75. The fourth-order valence-electron chi connectivity index (χ4n) is 1.50. The van der Waals surface area contributed by atoms with Crippen molar-refractivity contribution in [3.05, 3.63) is 32.9 Å². The van der Waals surface area contributed by atoms with E-state index in [4.69, 9.17) is 0 Å². The molecule has 1 amide bonds. The van der Waals surface area contributed by atoms with E-state index in [-0.39, 0.29) is 5.91 Å². The van der Waals surface area contributed by atoms with Crippen molar-refractivity contribution in [2.45, 2.75) is 25.8 Å². The van der Waals surface area contributed by atoms with E-state index >= 15 is 0 Å². The zero-order valence-electron chi connectivity index (χ0n) is 9.65. The van der Waals surface area contributed by atoms with E-state index in [1.807, 2.05) is 6.07 Å². The molecule has 7 heteroatoms. The van der Waals surface area contributed by atoms with Crippen LogP contribution in [0, 0.1) is 0 Å². The van der Waals surface area contributed by atoms with Crippen LogP contribution in [0.5, 0.6) is 0 Å². The fourth-order valence-corrected chi connectivity index (χ4v) is 3.02. The number of aromatic nitrogens is 3. The minimum absolute atomic E-state index is 0.0435. The van der Waals surface area contributed by atoms with Crippen LogP contribution < -0.4 is 5.32 Å². The summed E-state index contributed by atoms with van der Waals surface area (Å²) < 4.78 is 1.13. The quantitative estimate of drug-likeness (QED) is 0.854. The molecule has 0 atom stereocenters. The largest absolute Gasteiger partial charge is 0.349 e. The van der Waals surface area contributed by atoms with Gasteiger partial charge in [0.15, 0.2) is 0 Å². The lowest BCUT2D eigenvalue weighted by Crippen LogP contribution is -2.23. The molecule has 0 aliphatic rings. The first-order valence-electron chi connectivity index (χ1n) is 5.59. The van der Waals surface area contributed by atoms with Gasteiger partial charge in [-0.25, -0.2) is 4.98 Å². The topological polar surface area (TPSA) is 70.7 Å². The summed E-state index contributed by atoms with van der Waals surface area (Å²) in [5.74, 6) is 0.715. The molecule has 0 aromatic carbocycles. The summed E-state index contributed by atoms with van der Waals surface area (Å²) in [4.78, 5) is 16.8. The zero-order valence-corrected chi connectivity index (χ0v) is 12.1. The monoisotopic (exact) mass is 328 g/mol. The summed E-state index contributed by atoms with van der Waals surface area (Å²) in [5.41, 5.74) is 0. The lowest BCUT2D eigenvalue weighted by molar-refractivity contribution is -0.121. The highest BCUT2D eigenvalue weighted by Crippen LogP contribution is 2.23. The van der Waals surface area contributed by atoms with Gasteiger partial charge in [-0.05, 0) is 40.9 Å². The van der Waals surface area contributed by atoms with Gasteiger partial charge in [-0.3, -0.25) is 9.89 Å². The van der Waals surface area contributed by atoms with E-state index in [1.54, 1.807) is 11.3 Å². The highest BCUT2D eigenvalue weighted by Gasteiger charge is 2.04. The highest BCUT2D eigenvalue weighted by molar-refractivity contribution is 9.11. The SMILES string of the molecule is O=C(CCCc1ccc(Br)s1)NCc1ncn[nH]1. The molecule has 0 saturated carbocycles. The number of nitrogens with one attached hydrogen (secondary N) is 2. The second-order valence-electron chi connectivity index (χ2n) is 3.77. The molecular weight excluding hydrogens is 316 g/mol. The molecule has 2 aromatic heterocycles. The molecule has 0 spiro atoms. The molecule has 96 valence electrons. The summed E-state index contributed by atoms with van der Waals surface area (Å²) in [7, 11) is 0. The van der Waals surface area contributed by atoms with Crippen LogP contribution >= 0.6 is 27.3 Å². The maximum atomic E-state index is 11.6. The lowest BCUT2D eigenvalue weighted by atomic mass is 10.2. The van der Waals surface area contributed by atoms with Crippen LogP contribution in [0.3, 0.4) is 0 Å². The van der Waals surface area contributed by atoms with Crippen LogP contribution in [0.2, 0.25) is 0 Å². The maximum absolute atomic E-state index is 11.6. The first kappa shape index (κ1) is 13.2. The number of carbonyl (C=O) groups is 1. The Morgan fingerprint density at radius 2 is 2.39 bits per heavy atom. The Hall–Kier alpha value is -1.21. The van der Waals surface area contributed by atoms with Crippen LogP contribution in [0.15, 0.2) is 22.2 Å².